The Morgan fingerprint density at radius 3 is 2.69 bits per heavy atom. The summed E-state index contributed by atoms with van der Waals surface area (Å²) in [5, 5.41) is 8.73. The lowest BCUT2D eigenvalue weighted by Crippen LogP contribution is -2.58. The number of fused-ring (bicyclic) bond motifs is 2. The summed E-state index contributed by atoms with van der Waals surface area (Å²) < 4.78 is 22.8. The molecule has 1 N–H and O–H groups in total. The molecule has 0 spiro atoms. The number of amides is 1. The number of anilines is 1. The number of benzene rings is 2. The maximum atomic E-state index is 16.7. The van der Waals surface area contributed by atoms with Gasteiger partial charge >= 0.3 is 6.01 Å². The van der Waals surface area contributed by atoms with E-state index in [1.807, 2.05) is 32.9 Å². The Balaban J connectivity index is 1.66. The van der Waals surface area contributed by atoms with Crippen LogP contribution in [0.4, 0.5) is 10.2 Å². The van der Waals surface area contributed by atoms with E-state index in [1.165, 1.54) is 6.08 Å². The molecule has 2 aromatic carbocycles. The highest BCUT2D eigenvalue weighted by molar-refractivity contribution is 6.35. The maximum absolute atomic E-state index is 16.7. The molecule has 0 saturated carbocycles. The predicted molar refractivity (Wildman–Crippen MR) is 166 cm³/mol. The fraction of sp³-hybridized carbons (Fsp3) is 0.419. The van der Waals surface area contributed by atoms with E-state index in [4.69, 9.17) is 21.3 Å². The minimum absolute atomic E-state index is 0.0951. The summed E-state index contributed by atoms with van der Waals surface area (Å²) in [5.41, 5.74) is 2.56. The highest BCUT2D eigenvalue weighted by atomic mass is 35.5. The topological polar surface area (TPSA) is 90.5 Å². The molecular weight excluding hydrogens is 557 g/mol. The highest BCUT2D eigenvalue weighted by Gasteiger charge is 2.34. The molecule has 1 amide bonds. The minimum Gasteiger partial charge on any atom is -0.462 e. The summed E-state index contributed by atoms with van der Waals surface area (Å²) in [4.78, 5) is 28.0. The lowest BCUT2D eigenvalue weighted by Gasteiger charge is -2.44. The number of hydrogen-bond donors (Lipinski definition) is 1. The number of piperazine rings is 1. The molecule has 1 fully saturated rings. The molecule has 11 heteroatoms. The SMILES string of the molecule is C=CC(=O)N1C[C@H](C)N(c2nc(OCCN(CC)CC)nc3c(F)c(-c4c(C)ccc5cn[nH]c45)c(Cl)cc23)C[C@H]1C. The number of ether oxygens (including phenoxy) is 1. The van der Waals surface area contributed by atoms with Crippen LogP contribution in [0.1, 0.15) is 33.3 Å². The monoisotopic (exact) mass is 593 g/mol. The van der Waals surface area contributed by atoms with Gasteiger partial charge in [-0.05, 0) is 51.6 Å². The second kappa shape index (κ2) is 12.2. The van der Waals surface area contributed by atoms with Crippen molar-refractivity contribution in [3.8, 4) is 17.1 Å². The molecule has 0 aliphatic carbocycles. The van der Waals surface area contributed by atoms with Crippen molar-refractivity contribution < 1.29 is 13.9 Å². The van der Waals surface area contributed by atoms with Gasteiger partial charge in [-0.2, -0.15) is 15.1 Å². The average molecular weight is 594 g/mol. The minimum atomic E-state index is -0.555. The number of nitrogens with one attached hydrogen (secondary N) is 1. The summed E-state index contributed by atoms with van der Waals surface area (Å²) in [7, 11) is 0. The number of aryl methyl sites for hydroxylation is 1. The van der Waals surface area contributed by atoms with Crippen LogP contribution in [0, 0.1) is 12.7 Å². The van der Waals surface area contributed by atoms with Crippen LogP contribution in [0.5, 0.6) is 6.01 Å². The molecule has 0 unspecified atom stereocenters. The van der Waals surface area contributed by atoms with E-state index in [2.05, 4.69) is 45.4 Å². The number of rotatable bonds is 9. The van der Waals surface area contributed by atoms with Crippen molar-refractivity contribution in [3.63, 3.8) is 0 Å². The Bertz CT molecular complexity index is 1640. The molecule has 2 aromatic heterocycles. The van der Waals surface area contributed by atoms with E-state index in [0.717, 1.165) is 24.0 Å². The van der Waals surface area contributed by atoms with Gasteiger partial charge in [0.25, 0.3) is 0 Å². The van der Waals surface area contributed by atoms with E-state index in [1.54, 1.807) is 17.2 Å². The van der Waals surface area contributed by atoms with Crippen molar-refractivity contribution in [2.45, 2.75) is 46.7 Å². The largest absolute Gasteiger partial charge is 0.462 e. The average Bonchev–Trinajstić information content (AvgIpc) is 3.46. The number of hydrogen-bond acceptors (Lipinski definition) is 7. The second-order valence-corrected chi connectivity index (χ2v) is 11.2. The van der Waals surface area contributed by atoms with Crippen LogP contribution in [0.2, 0.25) is 5.02 Å². The number of aromatic nitrogens is 4. The van der Waals surface area contributed by atoms with Gasteiger partial charge in [0.15, 0.2) is 5.82 Å². The van der Waals surface area contributed by atoms with Crippen LogP contribution in [-0.4, -0.2) is 87.3 Å². The smallest absolute Gasteiger partial charge is 0.319 e. The molecule has 2 atom stereocenters. The van der Waals surface area contributed by atoms with Gasteiger partial charge in [0, 0.05) is 53.6 Å². The molecule has 4 aromatic rings. The number of carbonyl (C=O) groups excluding carboxylic acids is 1. The molecule has 5 rings (SSSR count). The summed E-state index contributed by atoms with van der Waals surface area (Å²) in [6, 6.07) is 5.45. The van der Waals surface area contributed by atoms with Gasteiger partial charge in [-0.1, -0.05) is 44.2 Å². The van der Waals surface area contributed by atoms with Gasteiger partial charge in [-0.25, -0.2) is 4.39 Å². The van der Waals surface area contributed by atoms with Crippen LogP contribution >= 0.6 is 11.6 Å². The third kappa shape index (κ3) is 5.41. The first kappa shape index (κ1) is 29.7. The number of carbonyl (C=O) groups is 1. The molecule has 1 aliphatic heterocycles. The van der Waals surface area contributed by atoms with Gasteiger partial charge in [0.05, 0.1) is 16.7 Å². The van der Waals surface area contributed by atoms with Crippen molar-refractivity contribution in [1.82, 2.24) is 30.0 Å². The maximum Gasteiger partial charge on any atom is 0.319 e. The summed E-state index contributed by atoms with van der Waals surface area (Å²) in [6.07, 6.45) is 3.03. The van der Waals surface area contributed by atoms with Crippen LogP contribution in [-0.2, 0) is 4.79 Å². The van der Waals surface area contributed by atoms with E-state index >= 15 is 4.39 Å². The first-order valence-electron chi connectivity index (χ1n) is 14.4. The fourth-order valence-corrected chi connectivity index (χ4v) is 6.05. The van der Waals surface area contributed by atoms with E-state index < -0.39 is 5.82 Å². The van der Waals surface area contributed by atoms with Crippen molar-refractivity contribution in [1.29, 1.82) is 0 Å². The van der Waals surface area contributed by atoms with Gasteiger partial charge in [0.2, 0.25) is 5.91 Å². The van der Waals surface area contributed by atoms with Crippen molar-refractivity contribution >= 4 is 45.1 Å². The number of H-pyrrole nitrogens is 1. The Morgan fingerprint density at radius 2 is 1.98 bits per heavy atom. The van der Waals surface area contributed by atoms with Gasteiger partial charge < -0.3 is 19.4 Å². The lowest BCUT2D eigenvalue weighted by molar-refractivity contribution is -0.128. The Kier molecular flexibility index (Phi) is 8.65. The molecule has 42 heavy (non-hydrogen) atoms. The molecule has 0 bridgehead atoms. The fourth-order valence-electron chi connectivity index (χ4n) is 5.76. The first-order valence-corrected chi connectivity index (χ1v) is 14.7. The zero-order chi connectivity index (χ0) is 30.1. The van der Waals surface area contributed by atoms with E-state index in [9.17, 15) is 4.79 Å². The van der Waals surface area contributed by atoms with Crippen molar-refractivity contribution in [2.24, 2.45) is 0 Å². The number of halogens is 2. The Hall–Kier alpha value is -3.76. The Morgan fingerprint density at radius 1 is 1.21 bits per heavy atom. The number of likely N-dealkylation sites (N-methyl/N-ethyl adjacent to an activating group) is 1. The van der Waals surface area contributed by atoms with Gasteiger partial charge in [-0.15, -0.1) is 0 Å². The van der Waals surface area contributed by atoms with Crippen molar-refractivity contribution in [2.75, 3.05) is 44.2 Å². The van der Waals surface area contributed by atoms with Crippen LogP contribution in [0.3, 0.4) is 0 Å². The van der Waals surface area contributed by atoms with Crippen LogP contribution in [0.25, 0.3) is 32.9 Å². The summed E-state index contributed by atoms with van der Waals surface area (Å²) in [5.74, 6) is -0.156. The number of aromatic amines is 1. The van der Waals surface area contributed by atoms with Gasteiger partial charge in [-0.3, -0.25) is 9.89 Å². The zero-order valence-electron chi connectivity index (χ0n) is 24.7. The van der Waals surface area contributed by atoms with Crippen LogP contribution < -0.4 is 9.64 Å². The highest BCUT2D eigenvalue weighted by Crippen LogP contribution is 2.42. The van der Waals surface area contributed by atoms with E-state index in [-0.39, 0.29) is 40.1 Å². The van der Waals surface area contributed by atoms with E-state index in [0.29, 0.717) is 48.5 Å². The third-order valence-electron chi connectivity index (χ3n) is 8.17. The zero-order valence-corrected chi connectivity index (χ0v) is 25.5. The van der Waals surface area contributed by atoms with Crippen molar-refractivity contribution in [3.05, 3.63) is 53.5 Å². The molecule has 0 radical (unpaired) electrons. The lowest BCUT2D eigenvalue weighted by atomic mass is 9.96. The quantitative estimate of drug-likeness (QED) is 0.252. The molecule has 9 nitrogen and oxygen atoms in total. The summed E-state index contributed by atoms with van der Waals surface area (Å²) in [6.45, 7) is 17.5. The first-order chi connectivity index (χ1) is 20.2. The molecule has 1 saturated heterocycles. The van der Waals surface area contributed by atoms with Gasteiger partial charge in [0.1, 0.15) is 17.9 Å². The standard InChI is InChI=1S/C31H37ClFN7O2/c1-7-24(41)39-16-20(6)40(17-19(39)5)30-22-14-23(32)26(25-18(4)10-11-21-15-34-37-28(21)25)27(33)29(22)35-31(36-30)42-13-12-38(8-2)9-3/h7,10-11,14-15,19-20H,1,8-9,12-13,16-17H2,2-6H3,(H,34,37)/t19-,20+/m1/s1. The van der Waals surface area contributed by atoms with Crippen LogP contribution in [0.15, 0.2) is 37.1 Å². The predicted octanol–water partition coefficient (Wildman–Crippen LogP) is 5.61. The number of nitrogens with zero attached hydrogens (tertiary/aromatic N) is 6. The molecule has 1 aliphatic rings. The molecular formula is C31H37ClFN7O2. The second-order valence-electron chi connectivity index (χ2n) is 10.8. The third-order valence-corrected chi connectivity index (χ3v) is 8.47. The molecule has 222 valence electrons. The Labute approximate surface area is 250 Å². The molecule has 3 heterocycles. The summed E-state index contributed by atoms with van der Waals surface area (Å²) >= 11 is 6.88. The normalized spacial score (nSPS) is 17.4.